The zero-order chi connectivity index (χ0) is 17.4. The summed E-state index contributed by atoms with van der Waals surface area (Å²) in [4.78, 5) is 26.4. The third-order valence-corrected chi connectivity index (χ3v) is 5.37. The molecular formula is C21H22N2O2. The number of carbonyl (C=O) groups is 2. The summed E-state index contributed by atoms with van der Waals surface area (Å²) in [5.74, 6) is 0.0870. The molecule has 0 radical (unpaired) electrons. The number of carbonyl (C=O) groups excluding carboxylic acids is 2. The van der Waals surface area contributed by atoms with Crippen LogP contribution in [-0.4, -0.2) is 23.8 Å². The van der Waals surface area contributed by atoms with E-state index < -0.39 is 0 Å². The van der Waals surface area contributed by atoms with Crippen molar-refractivity contribution < 1.29 is 9.59 Å². The third kappa shape index (κ3) is 2.93. The van der Waals surface area contributed by atoms with Crippen LogP contribution in [0.25, 0.3) is 0 Å². The van der Waals surface area contributed by atoms with Gasteiger partial charge in [0.2, 0.25) is 5.91 Å². The summed E-state index contributed by atoms with van der Waals surface area (Å²) in [5.41, 5.74) is 5.20. The molecule has 4 nitrogen and oxygen atoms in total. The van der Waals surface area contributed by atoms with Gasteiger partial charge in [-0.3, -0.25) is 9.59 Å². The Hall–Kier alpha value is -2.62. The highest BCUT2D eigenvalue weighted by atomic mass is 16.2. The van der Waals surface area contributed by atoms with Crippen LogP contribution in [0.15, 0.2) is 42.5 Å². The number of amides is 2. The standard InChI is InChI=1S/C21H22N2O2/c1-23(19-8-4-6-14-5-2-3-7-17(14)19)21(25)16-9-11-18-15(13-16)10-12-20(24)22-18/h2-3,5,7,9,11,13,19H,4,6,8,10,12H2,1H3,(H,22,24)/t19-/m0/s1. The van der Waals surface area contributed by atoms with Crippen LogP contribution in [0.4, 0.5) is 5.69 Å². The van der Waals surface area contributed by atoms with Crippen LogP contribution >= 0.6 is 0 Å². The van der Waals surface area contributed by atoms with Crippen LogP contribution in [0, 0.1) is 0 Å². The predicted molar refractivity (Wildman–Crippen MR) is 97.6 cm³/mol. The van der Waals surface area contributed by atoms with E-state index in [4.69, 9.17) is 0 Å². The SMILES string of the molecule is CN(C(=O)c1ccc2c(c1)CCC(=O)N2)[C@H]1CCCc2ccccc21. The Balaban J connectivity index is 1.60. The van der Waals surface area contributed by atoms with Crippen LogP contribution in [0.5, 0.6) is 0 Å². The lowest BCUT2D eigenvalue weighted by molar-refractivity contribution is -0.116. The van der Waals surface area contributed by atoms with Gasteiger partial charge in [-0.25, -0.2) is 0 Å². The van der Waals surface area contributed by atoms with Crippen molar-refractivity contribution in [2.75, 3.05) is 12.4 Å². The van der Waals surface area contributed by atoms with E-state index in [0.717, 1.165) is 30.5 Å². The van der Waals surface area contributed by atoms with Gasteiger partial charge in [-0.15, -0.1) is 0 Å². The molecule has 1 aliphatic carbocycles. The van der Waals surface area contributed by atoms with Gasteiger partial charge in [0, 0.05) is 24.7 Å². The van der Waals surface area contributed by atoms with Crippen LogP contribution in [0.1, 0.15) is 52.4 Å². The van der Waals surface area contributed by atoms with Crippen molar-refractivity contribution in [2.24, 2.45) is 0 Å². The fourth-order valence-electron chi connectivity index (χ4n) is 3.99. The first-order valence-corrected chi connectivity index (χ1v) is 8.91. The summed E-state index contributed by atoms with van der Waals surface area (Å²) in [7, 11) is 1.90. The maximum atomic E-state index is 13.0. The van der Waals surface area contributed by atoms with Crippen molar-refractivity contribution in [3.8, 4) is 0 Å². The van der Waals surface area contributed by atoms with Gasteiger partial charge in [0.25, 0.3) is 5.91 Å². The molecule has 1 atom stereocenters. The minimum absolute atomic E-state index is 0.0430. The number of hydrogen-bond donors (Lipinski definition) is 1. The molecule has 4 heteroatoms. The summed E-state index contributed by atoms with van der Waals surface area (Å²) >= 11 is 0. The van der Waals surface area contributed by atoms with Gasteiger partial charge in [0.05, 0.1) is 6.04 Å². The normalized spacial score (nSPS) is 18.8. The third-order valence-electron chi connectivity index (χ3n) is 5.37. The molecule has 0 bridgehead atoms. The van der Waals surface area contributed by atoms with E-state index in [1.165, 1.54) is 11.1 Å². The second kappa shape index (κ2) is 6.36. The van der Waals surface area contributed by atoms with Gasteiger partial charge < -0.3 is 10.2 Å². The summed E-state index contributed by atoms with van der Waals surface area (Å²) in [5, 5.41) is 2.87. The molecule has 25 heavy (non-hydrogen) atoms. The predicted octanol–water partition coefficient (Wildman–Crippen LogP) is 3.72. The van der Waals surface area contributed by atoms with E-state index in [1.807, 2.05) is 30.1 Å². The van der Waals surface area contributed by atoms with Crippen molar-refractivity contribution in [3.05, 3.63) is 64.7 Å². The minimum Gasteiger partial charge on any atom is -0.335 e. The number of rotatable bonds is 2. The lowest BCUT2D eigenvalue weighted by Crippen LogP contribution is -2.33. The topological polar surface area (TPSA) is 49.4 Å². The summed E-state index contributed by atoms with van der Waals surface area (Å²) < 4.78 is 0. The number of benzene rings is 2. The Morgan fingerprint density at radius 2 is 1.92 bits per heavy atom. The Morgan fingerprint density at radius 3 is 2.80 bits per heavy atom. The molecule has 0 unspecified atom stereocenters. The fourth-order valence-corrected chi connectivity index (χ4v) is 3.99. The smallest absolute Gasteiger partial charge is 0.254 e. The largest absolute Gasteiger partial charge is 0.335 e. The van der Waals surface area contributed by atoms with Crippen molar-refractivity contribution in [1.82, 2.24) is 4.90 Å². The molecular weight excluding hydrogens is 312 g/mol. The maximum absolute atomic E-state index is 13.0. The molecule has 0 aromatic heterocycles. The molecule has 2 amide bonds. The number of nitrogens with one attached hydrogen (secondary N) is 1. The molecule has 1 N–H and O–H groups in total. The molecule has 2 aromatic rings. The zero-order valence-corrected chi connectivity index (χ0v) is 14.4. The van der Waals surface area contributed by atoms with Gasteiger partial charge in [-0.2, -0.15) is 0 Å². The molecule has 0 saturated heterocycles. The molecule has 2 aliphatic rings. The Morgan fingerprint density at radius 1 is 1.08 bits per heavy atom. The van der Waals surface area contributed by atoms with Gasteiger partial charge in [0.1, 0.15) is 0 Å². The van der Waals surface area contributed by atoms with E-state index >= 15 is 0 Å². The van der Waals surface area contributed by atoms with E-state index in [0.29, 0.717) is 18.4 Å². The van der Waals surface area contributed by atoms with Crippen molar-refractivity contribution in [1.29, 1.82) is 0 Å². The Bertz CT molecular complexity index is 844. The van der Waals surface area contributed by atoms with Gasteiger partial charge in [-0.05, 0) is 60.6 Å². The molecule has 1 aliphatic heterocycles. The van der Waals surface area contributed by atoms with Crippen molar-refractivity contribution >= 4 is 17.5 Å². The lowest BCUT2D eigenvalue weighted by Gasteiger charge is -2.33. The molecule has 4 rings (SSSR count). The van der Waals surface area contributed by atoms with Crippen LogP contribution < -0.4 is 5.32 Å². The summed E-state index contributed by atoms with van der Waals surface area (Å²) in [6.07, 6.45) is 4.37. The van der Waals surface area contributed by atoms with Crippen molar-refractivity contribution in [3.63, 3.8) is 0 Å². The van der Waals surface area contributed by atoms with Gasteiger partial charge in [0.15, 0.2) is 0 Å². The zero-order valence-electron chi connectivity index (χ0n) is 14.4. The second-order valence-electron chi connectivity index (χ2n) is 6.94. The van der Waals surface area contributed by atoms with E-state index in [-0.39, 0.29) is 17.9 Å². The molecule has 0 spiro atoms. The van der Waals surface area contributed by atoms with Gasteiger partial charge >= 0.3 is 0 Å². The summed E-state index contributed by atoms with van der Waals surface area (Å²) in [6.45, 7) is 0. The highest BCUT2D eigenvalue weighted by Crippen LogP contribution is 2.34. The second-order valence-corrected chi connectivity index (χ2v) is 6.94. The first kappa shape index (κ1) is 15.9. The van der Waals surface area contributed by atoms with Crippen LogP contribution in [-0.2, 0) is 17.6 Å². The first-order valence-electron chi connectivity index (χ1n) is 8.91. The summed E-state index contributed by atoms with van der Waals surface area (Å²) in [6, 6.07) is 14.2. The quantitative estimate of drug-likeness (QED) is 0.910. The number of hydrogen-bond acceptors (Lipinski definition) is 2. The van der Waals surface area contributed by atoms with Crippen LogP contribution in [0.2, 0.25) is 0 Å². The fraction of sp³-hybridized carbons (Fsp3) is 0.333. The minimum atomic E-state index is 0.0430. The van der Waals surface area contributed by atoms with Crippen molar-refractivity contribution in [2.45, 2.75) is 38.1 Å². The Labute approximate surface area is 147 Å². The Kier molecular flexibility index (Phi) is 4.04. The van der Waals surface area contributed by atoms with Crippen LogP contribution in [0.3, 0.4) is 0 Å². The molecule has 1 heterocycles. The maximum Gasteiger partial charge on any atom is 0.254 e. The van der Waals surface area contributed by atoms with E-state index in [1.54, 1.807) is 0 Å². The van der Waals surface area contributed by atoms with E-state index in [2.05, 4.69) is 29.6 Å². The molecule has 0 fully saturated rings. The number of aryl methyl sites for hydroxylation is 2. The number of anilines is 1. The van der Waals surface area contributed by atoms with E-state index in [9.17, 15) is 9.59 Å². The highest BCUT2D eigenvalue weighted by Gasteiger charge is 2.27. The first-order chi connectivity index (χ1) is 12.1. The monoisotopic (exact) mass is 334 g/mol. The average molecular weight is 334 g/mol. The average Bonchev–Trinajstić information content (AvgIpc) is 2.66. The molecule has 0 saturated carbocycles. The number of fused-ring (bicyclic) bond motifs is 2. The lowest BCUT2D eigenvalue weighted by atomic mass is 9.86. The number of nitrogens with zero attached hydrogens (tertiary/aromatic N) is 1. The molecule has 128 valence electrons. The van der Waals surface area contributed by atoms with Gasteiger partial charge in [-0.1, -0.05) is 24.3 Å². The molecule has 2 aromatic carbocycles. The highest BCUT2D eigenvalue weighted by molar-refractivity contribution is 5.98.